The predicted octanol–water partition coefficient (Wildman–Crippen LogP) is 5.04. The first-order valence-electron chi connectivity index (χ1n) is 7.21. The first-order valence-corrected chi connectivity index (χ1v) is 7.96. The van der Waals surface area contributed by atoms with Gasteiger partial charge in [0.15, 0.2) is 0 Å². The number of carbonyl (C=O) groups is 1. The van der Waals surface area contributed by atoms with Crippen LogP contribution in [0.2, 0.25) is 10.0 Å². The Kier molecular flexibility index (Phi) is 6.13. The molecule has 1 N–H and O–H groups in total. The zero-order valence-corrected chi connectivity index (χ0v) is 14.4. The predicted molar refractivity (Wildman–Crippen MR) is 93.2 cm³/mol. The van der Waals surface area contributed by atoms with E-state index < -0.39 is 0 Å². The highest BCUT2D eigenvalue weighted by Gasteiger charge is 2.14. The average Bonchev–Trinajstić information content (AvgIpc) is 2.52. The monoisotopic (exact) mass is 353 g/mol. The number of anilines is 1. The zero-order valence-electron chi connectivity index (χ0n) is 12.9. The number of carbonyl (C=O) groups excluding carboxylic acids is 1. The summed E-state index contributed by atoms with van der Waals surface area (Å²) in [6.07, 6.45) is 0. The van der Waals surface area contributed by atoms with Gasteiger partial charge in [-0.1, -0.05) is 23.2 Å². The van der Waals surface area contributed by atoms with Crippen LogP contribution in [0.15, 0.2) is 36.4 Å². The minimum Gasteiger partial charge on any atom is -0.494 e. The molecule has 23 heavy (non-hydrogen) atoms. The topological polar surface area (TPSA) is 47.6 Å². The van der Waals surface area contributed by atoms with Crippen molar-refractivity contribution in [2.24, 2.45) is 0 Å². The van der Waals surface area contributed by atoms with Gasteiger partial charge in [0.1, 0.15) is 11.5 Å². The van der Waals surface area contributed by atoms with Crippen molar-refractivity contribution in [1.29, 1.82) is 0 Å². The Morgan fingerprint density at radius 2 is 1.78 bits per heavy atom. The lowest BCUT2D eigenvalue weighted by Crippen LogP contribution is -2.13. The highest BCUT2D eigenvalue weighted by atomic mass is 35.5. The molecule has 0 spiro atoms. The molecule has 0 bridgehead atoms. The SMILES string of the molecule is CCOc1ccc(OCC)c(NC(=O)c2cc(Cl)ccc2Cl)c1. The van der Waals surface area contributed by atoms with Crippen molar-refractivity contribution in [3.8, 4) is 11.5 Å². The van der Waals surface area contributed by atoms with Crippen LogP contribution in [-0.2, 0) is 0 Å². The van der Waals surface area contributed by atoms with E-state index in [2.05, 4.69) is 5.32 Å². The second-order valence-electron chi connectivity index (χ2n) is 4.60. The van der Waals surface area contributed by atoms with Crippen LogP contribution in [0.5, 0.6) is 11.5 Å². The Hall–Kier alpha value is -1.91. The van der Waals surface area contributed by atoms with Gasteiger partial charge in [0, 0.05) is 11.1 Å². The van der Waals surface area contributed by atoms with Crippen molar-refractivity contribution in [3.05, 3.63) is 52.0 Å². The third-order valence-electron chi connectivity index (χ3n) is 2.98. The summed E-state index contributed by atoms with van der Waals surface area (Å²) in [5.74, 6) is 0.831. The van der Waals surface area contributed by atoms with Crippen molar-refractivity contribution in [2.75, 3.05) is 18.5 Å². The molecule has 0 aliphatic heterocycles. The molecule has 0 unspecified atom stereocenters. The fraction of sp³-hybridized carbons (Fsp3) is 0.235. The maximum Gasteiger partial charge on any atom is 0.257 e. The Morgan fingerprint density at radius 3 is 2.48 bits per heavy atom. The maximum atomic E-state index is 12.5. The number of hydrogen-bond acceptors (Lipinski definition) is 3. The molecule has 2 aromatic rings. The van der Waals surface area contributed by atoms with Crippen LogP contribution in [0.3, 0.4) is 0 Å². The van der Waals surface area contributed by atoms with Crippen LogP contribution < -0.4 is 14.8 Å². The van der Waals surface area contributed by atoms with Gasteiger partial charge >= 0.3 is 0 Å². The Bertz CT molecular complexity index is 704. The largest absolute Gasteiger partial charge is 0.494 e. The molecule has 0 fully saturated rings. The lowest BCUT2D eigenvalue weighted by molar-refractivity contribution is 0.102. The molecule has 6 heteroatoms. The van der Waals surface area contributed by atoms with Crippen molar-refractivity contribution >= 4 is 34.8 Å². The summed E-state index contributed by atoms with van der Waals surface area (Å²) in [6, 6.07) is 9.98. The molecule has 0 heterocycles. The number of halogens is 2. The smallest absolute Gasteiger partial charge is 0.257 e. The highest BCUT2D eigenvalue weighted by molar-refractivity contribution is 6.36. The van der Waals surface area contributed by atoms with E-state index in [4.69, 9.17) is 32.7 Å². The van der Waals surface area contributed by atoms with E-state index in [1.165, 1.54) is 6.07 Å². The Morgan fingerprint density at radius 1 is 1.04 bits per heavy atom. The van der Waals surface area contributed by atoms with Gasteiger partial charge in [0.05, 0.1) is 29.5 Å². The van der Waals surface area contributed by atoms with Gasteiger partial charge in [-0.05, 0) is 44.2 Å². The van der Waals surface area contributed by atoms with Crippen LogP contribution in [0.25, 0.3) is 0 Å². The van der Waals surface area contributed by atoms with Crippen LogP contribution >= 0.6 is 23.2 Å². The van der Waals surface area contributed by atoms with Gasteiger partial charge < -0.3 is 14.8 Å². The summed E-state index contributed by atoms with van der Waals surface area (Å²) >= 11 is 12.0. The second-order valence-corrected chi connectivity index (χ2v) is 5.45. The summed E-state index contributed by atoms with van der Waals surface area (Å²) in [5.41, 5.74) is 0.808. The minimum absolute atomic E-state index is 0.295. The van der Waals surface area contributed by atoms with Crippen LogP contribution in [-0.4, -0.2) is 19.1 Å². The van der Waals surface area contributed by atoms with Crippen molar-refractivity contribution in [1.82, 2.24) is 0 Å². The molecule has 122 valence electrons. The number of benzene rings is 2. The molecule has 0 aliphatic rings. The molecule has 0 saturated carbocycles. The fourth-order valence-corrected chi connectivity index (χ4v) is 2.38. The van der Waals surface area contributed by atoms with Gasteiger partial charge in [-0.3, -0.25) is 4.79 Å². The summed E-state index contributed by atoms with van der Waals surface area (Å²) in [4.78, 5) is 12.5. The van der Waals surface area contributed by atoms with Crippen LogP contribution in [0.4, 0.5) is 5.69 Å². The van der Waals surface area contributed by atoms with Gasteiger partial charge in [-0.2, -0.15) is 0 Å². The third kappa shape index (κ3) is 4.53. The van der Waals surface area contributed by atoms with Gasteiger partial charge in [0.2, 0.25) is 0 Å². The van der Waals surface area contributed by atoms with E-state index in [1.807, 2.05) is 13.8 Å². The van der Waals surface area contributed by atoms with E-state index >= 15 is 0 Å². The molecule has 0 aromatic heterocycles. The normalized spacial score (nSPS) is 10.3. The Labute approximate surface area is 145 Å². The van der Waals surface area contributed by atoms with E-state index in [0.717, 1.165) is 0 Å². The summed E-state index contributed by atoms with van der Waals surface area (Å²) in [5, 5.41) is 3.55. The standard InChI is InChI=1S/C17H17Cl2NO3/c1-3-22-12-6-8-16(23-4-2)15(10-12)20-17(21)13-9-11(18)5-7-14(13)19/h5-10H,3-4H2,1-2H3,(H,20,21). The second kappa shape index (κ2) is 8.09. The lowest BCUT2D eigenvalue weighted by atomic mass is 10.2. The van der Waals surface area contributed by atoms with Crippen LogP contribution in [0, 0.1) is 0 Å². The van der Waals surface area contributed by atoms with Crippen molar-refractivity contribution < 1.29 is 14.3 Å². The molecule has 4 nitrogen and oxygen atoms in total. The zero-order chi connectivity index (χ0) is 16.8. The van der Waals surface area contributed by atoms with E-state index in [0.29, 0.717) is 46.0 Å². The molecular formula is C17H17Cl2NO3. The number of amides is 1. The average molecular weight is 354 g/mol. The molecule has 2 aromatic carbocycles. The van der Waals surface area contributed by atoms with Crippen molar-refractivity contribution in [2.45, 2.75) is 13.8 Å². The quantitative estimate of drug-likeness (QED) is 0.790. The number of rotatable bonds is 6. The van der Waals surface area contributed by atoms with Gasteiger partial charge in [0.25, 0.3) is 5.91 Å². The first-order chi connectivity index (χ1) is 11.0. The summed E-state index contributed by atoms with van der Waals surface area (Å²) in [6.45, 7) is 4.77. The lowest BCUT2D eigenvalue weighted by Gasteiger charge is -2.14. The molecular weight excluding hydrogens is 337 g/mol. The minimum atomic E-state index is -0.368. The van der Waals surface area contributed by atoms with Crippen molar-refractivity contribution in [3.63, 3.8) is 0 Å². The summed E-state index contributed by atoms with van der Waals surface area (Å²) < 4.78 is 11.0. The molecule has 2 rings (SSSR count). The molecule has 0 radical (unpaired) electrons. The number of hydrogen-bond donors (Lipinski definition) is 1. The van der Waals surface area contributed by atoms with Gasteiger partial charge in [-0.25, -0.2) is 0 Å². The maximum absolute atomic E-state index is 12.5. The fourth-order valence-electron chi connectivity index (χ4n) is 2.01. The first kappa shape index (κ1) is 17.4. The van der Waals surface area contributed by atoms with E-state index in [-0.39, 0.29) is 5.91 Å². The molecule has 1 amide bonds. The third-order valence-corrected chi connectivity index (χ3v) is 3.55. The van der Waals surface area contributed by atoms with Gasteiger partial charge in [-0.15, -0.1) is 0 Å². The number of nitrogens with one attached hydrogen (secondary N) is 1. The molecule has 0 atom stereocenters. The highest BCUT2D eigenvalue weighted by Crippen LogP contribution is 2.31. The van der Waals surface area contributed by atoms with E-state index in [1.54, 1.807) is 30.3 Å². The summed E-state index contributed by atoms with van der Waals surface area (Å²) in [7, 11) is 0. The number of ether oxygens (including phenoxy) is 2. The van der Waals surface area contributed by atoms with Crippen LogP contribution in [0.1, 0.15) is 24.2 Å². The molecule has 0 aliphatic carbocycles. The molecule has 0 saturated heterocycles. The Balaban J connectivity index is 2.31. The van der Waals surface area contributed by atoms with E-state index in [9.17, 15) is 4.79 Å².